The van der Waals surface area contributed by atoms with Gasteiger partial charge in [-0.15, -0.1) is 0 Å². The molecule has 1 fully saturated rings. The van der Waals surface area contributed by atoms with Crippen molar-refractivity contribution in [1.82, 2.24) is 4.90 Å². The number of benzene rings is 2. The number of aliphatic imine (C=N–C) groups is 1. The van der Waals surface area contributed by atoms with Crippen LogP contribution in [0.5, 0.6) is 0 Å². The average Bonchev–Trinajstić information content (AvgIpc) is 2.96. The van der Waals surface area contributed by atoms with Gasteiger partial charge in [0.1, 0.15) is 6.10 Å². The molecule has 2 atom stereocenters. The molecule has 0 aromatic heterocycles. The van der Waals surface area contributed by atoms with Gasteiger partial charge in [-0.1, -0.05) is 54.6 Å². The Hall–Kier alpha value is -2.33. The third-order valence-corrected chi connectivity index (χ3v) is 4.44. The first-order valence-electron chi connectivity index (χ1n) is 7.65. The lowest BCUT2D eigenvalue weighted by atomic mass is 10.0. The van der Waals surface area contributed by atoms with Crippen molar-refractivity contribution in [3.8, 4) is 11.1 Å². The SMILES string of the molecule is NC1=NCC2CO[C@H](c3ccc(-c4ccccc4)cc3)CN12. The fraction of sp³-hybridized carbons (Fsp3) is 0.278. The summed E-state index contributed by atoms with van der Waals surface area (Å²) in [6, 6.07) is 19.3. The van der Waals surface area contributed by atoms with Gasteiger partial charge in [0.25, 0.3) is 0 Å². The van der Waals surface area contributed by atoms with Crippen molar-refractivity contribution in [1.29, 1.82) is 0 Å². The summed E-state index contributed by atoms with van der Waals surface area (Å²) >= 11 is 0. The molecule has 2 aromatic rings. The van der Waals surface area contributed by atoms with E-state index in [1.807, 2.05) is 6.07 Å². The van der Waals surface area contributed by atoms with Gasteiger partial charge in [-0.3, -0.25) is 4.99 Å². The van der Waals surface area contributed by atoms with Gasteiger partial charge in [0.2, 0.25) is 0 Å². The molecule has 2 aliphatic heterocycles. The number of guanidine groups is 1. The number of ether oxygens (including phenoxy) is 1. The number of nitrogens with zero attached hydrogens (tertiary/aromatic N) is 2. The Kier molecular flexibility index (Phi) is 3.31. The zero-order valence-electron chi connectivity index (χ0n) is 12.4. The molecule has 0 saturated carbocycles. The largest absolute Gasteiger partial charge is 0.370 e. The smallest absolute Gasteiger partial charge is 0.191 e. The van der Waals surface area contributed by atoms with Crippen molar-refractivity contribution in [2.75, 3.05) is 19.7 Å². The molecule has 2 heterocycles. The van der Waals surface area contributed by atoms with Gasteiger partial charge in [0.05, 0.1) is 25.7 Å². The molecule has 4 rings (SSSR count). The minimum absolute atomic E-state index is 0.0629. The highest BCUT2D eigenvalue weighted by Crippen LogP contribution is 2.28. The van der Waals surface area contributed by atoms with Gasteiger partial charge in [-0.25, -0.2) is 0 Å². The second-order valence-corrected chi connectivity index (χ2v) is 5.82. The molecule has 4 heteroatoms. The van der Waals surface area contributed by atoms with E-state index >= 15 is 0 Å². The number of nitrogens with two attached hydrogens (primary N) is 1. The Labute approximate surface area is 130 Å². The van der Waals surface area contributed by atoms with Crippen molar-refractivity contribution < 1.29 is 4.74 Å². The van der Waals surface area contributed by atoms with Crippen LogP contribution in [0.4, 0.5) is 0 Å². The van der Waals surface area contributed by atoms with Gasteiger partial charge in [0.15, 0.2) is 5.96 Å². The highest BCUT2D eigenvalue weighted by molar-refractivity contribution is 5.80. The van der Waals surface area contributed by atoms with E-state index in [4.69, 9.17) is 10.5 Å². The molecule has 112 valence electrons. The maximum atomic E-state index is 6.00. The van der Waals surface area contributed by atoms with Crippen LogP contribution in [0, 0.1) is 0 Å². The van der Waals surface area contributed by atoms with Crippen LogP contribution >= 0.6 is 0 Å². The first-order chi connectivity index (χ1) is 10.8. The third kappa shape index (κ3) is 2.35. The van der Waals surface area contributed by atoms with Crippen LogP contribution in [-0.2, 0) is 4.74 Å². The van der Waals surface area contributed by atoms with Crippen LogP contribution in [-0.4, -0.2) is 36.6 Å². The van der Waals surface area contributed by atoms with Crippen LogP contribution in [0.1, 0.15) is 11.7 Å². The number of hydrogen-bond acceptors (Lipinski definition) is 4. The molecule has 0 spiro atoms. The summed E-state index contributed by atoms with van der Waals surface area (Å²) in [7, 11) is 0. The molecule has 2 aliphatic rings. The van der Waals surface area contributed by atoms with Crippen LogP contribution in [0.15, 0.2) is 59.6 Å². The highest BCUT2D eigenvalue weighted by Gasteiger charge is 2.34. The molecular formula is C18H19N3O. The number of rotatable bonds is 2. The van der Waals surface area contributed by atoms with E-state index in [-0.39, 0.29) is 6.10 Å². The number of fused-ring (bicyclic) bond motifs is 1. The Morgan fingerprint density at radius 3 is 2.50 bits per heavy atom. The molecule has 4 nitrogen and oxygen atoms in total. The van der Waals surface area contributed by atoms with Gasteiger partial charge in [-0.05, 0) is 16.7 Å². The zero-order chi connectivity index (χ0) is 14.9. The lowest BCUT2D eigenvalue weighted by Crippen LogP contribution is -2.49. The van der Waals surface area contributed by atoms with Gasteiger partial charge < -0.3 is 15.4 Å². The highest BCUT2D eigenvalue weighted by atomic mass is 16.5. The summed E-state index contributed by atoms with van der Waals surface area (Å²) in [4.78, 5) is 6.47. The summed E-state index contributed by atoms with van der Waals surface area (Å²) in [5.41, 5.74) is 9.60. The molecule has 2 aromatic carbocycles. The topological polar surface area (TPSA) is 50.9 Å². The van der Waals surface area contributed by atoms with Gasteiger partial charge in [0, 0.05) is 0 Å². The van der Waals surface area contributed by atoms with Crippen molar-refractivity contribution in [3.63, 3.8) is 0 Å². The predicted molar refractivity (Wildman–Crippen MR) is 87.6 cm³/mol. The third-order valence-electron chi connectivity index (χ3n) is 4.44. The second-order valence-electron chi connectivity index (χ2n) is 5.82. The molecule has 0 radical (unpaired) electrons. The van der Waals surface area contributed by atoms with Crippen molar-refractivity contribution in [3.05, 3.63) is 60.2 Å². The maximum absolute atomic E-state index is 6.00. The molecule has 1 saturated heterocycles. The van der Waals surface area contributed by atoms with Crippen LogP contribution in [0.2, 0.25) is 0 Å². The molecule has 0 bridgehead atoms. The minimum Gasteiger partial charge on any atom is -0.370 e. The molecule has 0 amide bonds. The fourth-order valence-electron chi connectivity index (χ4n) is 3.14. The fourth-order valence-corrected chi connectivity index (χ4v) is 3.14. The summed E-state index contributed by atoms with van der Waals surface area (Å²) in [6.45, 7) is 2.23. The van der Waals surface area contributed by atoms with E-state index in [9.17, 15) is 0 Å². The Morgan fingerprint density at radius 1 is 1.00 bits per heavy atom. The van der Waals surface area contributed by atoms with Crippen LogP contribution < -0.4 is 5.73 Å². The summed E-state index contributed by atoms with van der Waals surface area (Å²) < 4.78 is 6.00. The van der Waals surface area contributed by atoms with E-state index < -0.39 is 0 Å². The van der Waals surface area contributed by atoms with Gasteiger partial charge in [-0.2, -0.15) is 0 Å². The zero-order valence-corrected chi connectivity index (χ0v) is 12.4. The second kappa shape index (κ2) is 5.46. The Bertz CT molecular complexity index is 681. The van der Waals surface area contributed by atoms with E-state index in [0.717, 1.165) is 13.1 Å². The normalized spacial score (nSPS) is 24.0. The van der Waals surface area contributed by atoms with Crippen molar-refractivity contribution >= 4 is 5.96 Å². The lowest BCUT2D eigenvalue weighted by molar-refractivity contribution is -0.0317. The van der Waals surface area contributed by atoms with E-state index in [1.54, 1.807) is 0 Å². The first kappa shape index (κ1) is 13.3. The standard InChI is InChI=1S/C18H19N3O/c19-18-20-10-16-12-22-17(11-21(16)18)15-8-6-14(7-9-15)13-4-2-1-3-5-13/h1-9,16-17H,10-12H2,(H2,19,20)/t16?,17-/m0/s1. The number of morpholine rings is 1. The molecule has 2 N–H and O–H groups in total. The molecule has 0 aliphatic carbocycles. The number of hydrogen-bond donors (Lipinski definition) is 1. The minimum atomic E-state index is 0.0629. The Balaban J connectivity index is 1.53. The molecular weight excluding hydrogens is 274 g/mol. The monoisotopic (exact) mass is 293 g/mol. The van der Waals surface area contributed by atoms with Gasteiger partial charge >= 0.3 is 0 Å². The van der Waals surface area contributed by atoms with Crippen LogP contribution in [0.25, 0.3) is 11.1 Å². The summed E-state index contributed by atoms with van der Waals surface area (Å²) in [5.74, 6) is 0.652. The molecule has 22 heavy (non-hydrogen) atoms. The maximum Gasteiger partial charge on any atom is 0.191 e. The quantitative estimate of drug-likeness (QED) is 0.925. The van der Waals surface area contributed by atoms with Crippen molar-refractivity contribution in [2.45, 2.75) is 12.1 Å². The first-order valence-corrected chi connectivity index (χ1v) is 7.65. The van der Waals surface area contributed by atoms with E-state index in [2.05, 4.69) is 58.4 Å². The lowest BCUT2D eigenvalue weighted by Gasteiger charge is -2.36. The molecule has 1 unspecified atom stereocenters. The van der Waals surface area contributed by atoms with Crippen LogP contribution in [0.3, 0.4) is 0 Å². The summed E-state index contributed by atoms with van der Waals surface area (Å²) in [5, 5.41) is 0. The summed E-state index contributed by atoms with van der Waals surface area (Å²) in [6.07, 6.45) is 0.0629. The van der Waals surface area contributed by atoms with E-state index in [0.29, 0.717) is 18.6 Å². The Morgan fingerprint density at radius 2 is 1.73 bits per heavy atom. The average molecular weight is 293 g/mol. The van der Waals surface area contributed by atoms with E-state index in [1.165, 1.54) is 16.7 Å². The predicted octanol–water partition coefficient (Wildman–Crippen LogP) is 2.42. The van der Waals surface area contributed by atoms with Crippen molar-refractivity contribution in [2.24, 2.45) is 10.7 Å².